The van der Waals surface area contributed by atoms with Crippen LogP contribution in [0.25, 0.3) is 0 Å². The lowest BCUT2D eigenvalue weighted by atomic mass is 10.0. The number of carbonyl (C=O) groups excluding carboxylic acids is 1. The van der Waals surface area contributed by atoms with Gasteiger partial charge in [-0.05, 0) is 23.6 Å². The van der Waals surface area contributed by atoms with Crippen LogP contribution in [0.3, 0.4) is 0 Å². The van der Waals surface area contributed by atoms with Crippen LogP contribution in [0.1, 0.15) is 25.3 Å². The van der Waals surface area contributed by atoms with Gasteiger partial charge < -0.3 is 14.9 Å². The highest BCUT2D eigenvalue weighted by Crippen LogP contribution is 2.23. The summed E-state index contributed by atoms with van der Waals surface area (Å²) < 4.78 is 0. The lowest BCUT2D eigenvalue weighted by Gasteiger charge is -2.39. The number of piperazine rings is 1. The van der Waals surface area contributed by atoms with Gasteiger partial charge in [-0.15, -0.1) is 0 Å². The van der Waals surface area contributed by atoms with Crippen LogP contribution in [0.2, 0.25) is 0 Å². The second-order valence-electron chi connectivity index (χ2n) is 5.40. The smallest absolute Gasteiger partial charge is 0.247 e. The van der Waals surface area contributed by atoms with Crippen molar-refractivity contribution >= 4 is 11.6 Å². The Hall–Kier alpha value is -1.55. The van der Waals surface area contributed by atoms with E-state index < -0.39 is 6.04 Å². The molecule has 0 spiro atoms. The van der Waals surface area contributed by atoms with Gasteiger partial charge in [0.25, 0.3) is 0 Å². The molecule has 1 N–H and O–H groups in total. The summed E-state index contributed by atoms with van der Waals surface area (Å²) in [6, 6.07) is 7.81. The Labute approximate surface area is 114 Å². The minimum Gasteiger partial charge on any atom is -0.394 e. The van der Waals surface area contributed by atoms with E-state index in [0.29, 0.717) is 12.5 Å². The van der Waals surface area contributed by atoms with Crippen LogP contribution < -0.4 is 4.90 Å². The Morgan fingerprint density at radius 3 is 2.42 bits per heavy atom. The molecule has 0 aliphatic carbocycles. The molecule has 1 saturated heterocycles. The monoisotopic (exact) mass is 262 g/mol. The topological polar surface area (TPSA) is 43.8 Å². The first-order valence-electron chi connectivity index (χ1n) is 6.77. The van der Waals surface area contributed by atoms with E-state index in [2.05, 4.69) is 26.0 Å². The minimum absolute atomic E-state index is 0.0123. The van der Waals surface area contributed by atoms with Gasteiger partial charge in [-0.25, -0.2) is 0 Å². The first-order chi connectivity index (χ1) is 9.04. The van der Waals surface area contributed by atoms with Gasteiger partial charge in [0.2, 0.25) is 5.91 Å². The molecule has 0 bridgehead atoms. The van der Waals surface area contributed by atoms with E-state index >= 15 is 0 Å². The number of carbonyl (C=O) groups is 1. The van der Waals surface area contributed by atoms with Crippen molar-refractivity contribution in [3.05, 3.63) is 29.8 Å². The largest absolute Gasteiger partial charge is 0.394 e. The first kappa shape index (κ1) is 13.9. The Morgan fingerprint density at radius 2 is 1.89 bits per heavy atom. The SMILES string of the molecule is CC(C)c1ccc(N2CCN(C)C(=O)C2CO)cc1. The van der Waals surface area contributed by atoms with Crippen LogP contribution in [0.5, 0.6) is 0 Å². The standard InChI is InChI=1S/C15H22N2O2/c1-11(2)12-4-6-13(7-5-12)17-9-8-16(3)15(19)14(17)10-18/h4-7,11,14,18H,8-10H2,1-3H3. The number of hydrogen-bond donors (Lipinski definition) is 1. The highest BCUT2D eigenvalue weighted by Gasteiger charge is 2.32. The number of hydrogen-bond acceptors (Lipinski definition) is 3. The van der Waals surface area contributed by atoms with Crippen molar-refractivity contribution in [2.75, 3.05) is 31.6 Å². The van der Waals surface area contributed by atoms with Gasteiger partial charge in [0.05, 0.1) is 6.61 Å². The molecule has 0 radical (unpaired) electrons. The van der Waals surface area contributed by atoms with E-state index in [1.807, 2.05) is 17.0 Å². The second-order valence-corrected chi connectivity index (χ2v) is 5.40. The van der Waals surface area contributed by atoms with Crippen molar-refractivity contribution in [2.45, 2.75) is 25.8 Å². The molecule has 4 nitrogen and oxygen atoms in total. The lowest BCUT2D eigenvalue weighted by molar-refractivity contribution is -0.133. The van der Waals surface area contributed by atoms with Crippen molar-refractivity contribution in [1.82, 2.24) is 4.90 Å². The van der Waals surface area contributed by atoms with E-state index in [1.54, 1.807) is 11.9 Å². The van der Waals surface area contributed by atoms with Gasteiger partial charge in [0.15, 0.2) is 0 Å². The maximum Gasteiger partial charge on any atom is 0.247 e. The molecule has 4 heteroatoms. The molecule has 19 heavy (non-hydrogen) atoms. The van der Waals surface area contributed by atoms with Crippen molar-refractivity contribution in [3.8, 4) is 0 Å². The fourth-order valence-corrected chi connectivity index (χ4v) is 2.45. The zero-order valence-corrected chi connectivity index (χ0v) is 11.8. The average Bonchev–Trinajstić information content (AvgIpc) is 2.41. The number of amides is 1. The molecule has 1 aromatic rings. The summed E-state index contributed by atoms with van der Waals surface area (Å²) in [6.45, 7) is 5.63. The molecule has 0 aromatic heterocycles. The number of nitrogens with zero attached hydrogens (tertiary/aromatic N) is 2. The fraction of sp³-hybridized carbons (Fsp3) is 0.533. The Kier molecular flexibility index (Phi) is 4.10. The Bertz CT molecular complexity index is 442. The molecular formula is C15H22N2O2. The normalized spacial score (nSPS) is 20.3. The van der Waals surface area contributed by atoms with E-state index in [0.717, 1.165) is 12.2 Å². The maximum absolute atomic E-state index is 12.0. The predicted molar refractivity (Wildman–Crippen MR) is 76.4 cm³/mol. The fourth-order valence-electron chi connectivity index (χ4n) is 2.45. The number of rotatable bonds is 3. The van der Waals surface area contributed by atoms with Gasteiger partial charge in [-0.1, -0.05) is 26.0 Å². The van der Waals surface area contributed by atoms with E-state index in [1.165, 1.54) is 5.56 Å². The summed E-state index contributed by atoms with van der Waals surface area (Å²) in [7, 11) is 1.78. The summed E-state index contributed by atoms with van der Waals surface area (Å²) >= 11 is 0. The molecule has 2 rings (SSSR count). The first-order valence-corrected chi connectivity index (χ1v) is 6.77. The third-order valence-electron chi connectivity index (χ3n) is 3.78. The van der Waals surface area contributed by atoms with Gasteiger partial charge in [-0.3, -0.25) is 4.79 Å². The van der Waals surface area contributed by atoms with E-state index in [4.69, 9.17) is 0 Å². The van der Waals surface area contributed by atoms with Crippen LogP contribution in [0.15, 0.2) is 24.3 Å². The maximum atomic E-state index is 12.0. The number of likely N-dealkylation sites (N-methyl/N-ethyl adjacent to an activating group) is 1. The summed E-state index contributed by atoms with van der Waals surface area (Å²) in [4.78, 5) is 15.7. The molecule has 0 saturated carbocycles. The molecule has 1 unspecified atom stereocenters. The van der Waals surface area contributed by atoms with Gasteiger partial charge >= 0.3 is 0 Å². The second kappa shape index (κ2) is 5.61. The van der Waals surface area contributed by atoms with Gasteiger partial charge in [0.1, 0.15) is 6.04 Å². The minimum atomic E-state index is -0.455. The lowest BCUT2D eigenvalue weighted by Crippen LogP contribution is -2.57. The van der Waals surface area contributed by atoms with Crippen LogP contribution in [-0.2, 0) is 4.79 Å². The van der Waals surface area contributed by atoms with Crippen molar-refractivity contribution in [2.24, 2.45) is 0 Å². The summed E-state index contributed by atoms with van der Waals surface area (Å²) in [5, 5.41) is 9.46. The van der Waals surface area contributed by atoms with Crippen LogP contribution in [0.4, 0.5) is 5.69 Å². The highest BCUT2D eigenvalue weighted by atomic mass is 16.3. The molecule has 1 aromatic carbocycles. The number of aliphatic hydroxyl groups is 1. The molecule has 1 amide bonds. The summed E-state index contributed by atoms with van der Waals surface area (Å²) in [5.41, 5.74) is 2.29. The van der Waals surface area contributed by atoms with Gasteiger partial charge in [0, 0.05) is 25.8 Å². The van der Waals surface area contributed by atoms with Crippen LogP contribution in [0, 0.1) is 0 Å². The average molecular weight is 262 g/mol. The third kappa shape index (κ3) is 2.73. The number of anilines is 1. The zero-order chi connectivity index (χ0) is 14.0. The third-order valence-corrected chi connectivity index (χ3v) is 3.78. The molecule has 1 atom stereocenters. The quantitative estimate of drug-likeness (QED) is 0.896. The molecule has 1 aliphatic rings. The van der Waals surface area contributed by atoms with Gasteiger partial charge in [-0.2, -0.15) is 0 Å². The summed E-state index contributed by atoms with van der Waals surface area (Å²) in [5.74, 6) is 0.485. The molecule has 1 aliphatic heterocycles. The molecule has 1 fully saturated rings. The summed E-state index contributed by atoms with van der Waals surface area (Å²) in [6.07, 6.45) is 0. The van der Waals surface area contributed by atoms with Crippen molar-refractivity contribution in [3.63, 3.8) is 0 Å². The molecular weight excluding hydrogens is 240 g/mol. The predicted octanol–water partition coefficient (Wildman–Crippen LogP) is 1.45. The number of benzene rings is 1. The Morgan fingerprint density at radius 1 is 1.26 bits per heavy atom. The number of aliphatic hydroxyl groups excluding tert-OH is 1. The van der Waals surface area contributed by atoms with Crippen molar-refractivity contribution in [1.29, 1.82) is 0 Å². The van der Waals surface area contributed by atoms with Crippen molar-refractivity contribution < 1.29 is 9.90 Å². The molecule has 104 valence electrons. The van der Waals surface area contributed by atoms with Crippen LogP contribution >= 0.6 is 0 Å². The van der Waals surface area contributed by atoms with Crippen LogP contribution in [-0.4, -0.2) is 48.7 Å². The highest BCUT2D eigenvalue weighted by molar-refractivity contribution is 5.86. The van der Waals surface area contributed by atoms with E-state index in [-0.39, 0.29) is 12.5 Å². The molecule has 1 heterocycles. The zero-order valence-electron chi connectivity index (χ0n) is 11.8. The Balaban J connectivity index is 2.22. The van der Waals surface area contributed by atoms with E-state index in [9.17, 15) is 9.90 Å².